The molecular weight excluding hydrogens is 584 g/mol. The molecule has 4 aromatic rings. The lowest BCUT2D eigenvalue weighted by atomic mass is 9.99. The van der Waals surface area contributed by atoms with E-state index in [2.05, 4.69) is 15.6 Å². The number of likely N-dealkylation sites (tertiary alicyclic amines) is 1. The third-order valence-corrected chi connectivity index (χ3v) is 8.43. The first-order valence-electron chi connectivity index (χ1n) is 15.5. The van der Waals surface area contributed by atoms with Crippen molar-refractivity contribution in [2.24, 2.45) is 0 Å². The maximum Gasteiger partial charge on any atom is 0.258 e. The molecule has 6 heterocycles. The summed E-state index contributed by atoms with van der Waals surface area (Å²) in [5.41, 5.74) is 5.06. The van der Waals surface area contributed by atoms with Crippen LogP contribution in [0.15, 0.2) is 66.7 Å². The molecular formula is C36H38N4O6. The lowest BCUT2D eigenvalue weighted by Crippen LogP contribution is -2.58. The third kappa shape index (κ3) is 7.06. The number of ether oxygens (including phenoxy) is 3. The summed E-state index contributed by atoms with van der Waals surface area (Å²) in [6.45, 7) is 4.74. The normalized spacial score (nSPS) is 19.0. The molecule has 2 N–H and O–H groups in total. The van der Waals surface area contributed by atoms with Crippen molar-refractivity contribution >= 4 is 28.6 Å². The van der Waals surface area contributed by atoms with Crippen LogP contribution in [0.1, 0.15) is 45.6 Å². The molecule has 0 spiro atoms. The van der Waals surface area contributed by atoms with Gasteiger partial charge in [-0.15, -0.1) is 0 Å². The molecule has 3 amide bonds. The fraction of sp³-hybridized carbons (Fsp3) is 0.333. The second kappa shape index (κ2) is 13.5. The van der Waals surface area contributed by atoms with E-state index in [9.17, 15) is 14.4 Å². The maximum atomic E-state index is 14.0. The molecule has 5 aliphatic rings. The Morgan fingerprint density at radius 3 is 2.57 bits per heavy atom. The van der Waals surface area contributed by atoms with Crippen molar-refractivity contribution in [1.82, 2.24) is 20.5 Å². The highest BCUT2D eigenvalue weighted by Gasteiger charge is 2.35. The quantitative estimate of drug-likeness (QED) is 0.343. The van der Waals surface area contributed by atoms with Crippen LogP contribution >= 0.6 is 0 Å². The fourth-order valence-corrected chi connectivity index (χ4v) is 6.00. The summed E-state index contributed by atoms with van der Waals surface area (Å²) < 4.78 is 17.8. The Bertz CT molecular complexity index is 1770. The number of methoxy groups -OCH3 is 1. The first-order valence-corrected chi connectivity index (χ1v) is 15.5. The van der Waals surface area contributed by atoms with E-state index in [4.69, 9.17) is 14.2 Å². The molecule has 0 radical (unpaired) electrons. The standard InChI is InChI=1S/C36H38N4O6/c1-22-4-11-27-28(17-23(2)38-29(27)16-22)36(43)40-15-14-31-30(20-40)39-35(42)21-45-32-12-7-24(18-33(32)44-3)8-13-34(41)37-19-25-5-9-26(46-31)10-6-25/h4-7,9-12,16-18,30-31H,8,13-15,19-21H2,1-3H3,(H,37,41)(H,39,42)/t30-,31-/m1/s1. The van der Waals surface area contributed by atoms with Crippen LogP contribution in [-0.4, -0.2) is 66.6 Å². The molecule has 1 aromatic heterocycles. The summed E-state index contributed by atoms with van der Waals surface area (Å²) in [7, 11) is 1.53. The Morgan fingerprint density at radius 1 is 0.957 bits per heavy atom. The van der Waals surface area contributed by atoms with Gasteiger partial charge >= 0.3 is 0 Å². The molecule has 0 aliphatic carbocycles. The van der Waals surface area contributed by atoms with Crippen LogP contribution in [-0.2, 0) is 22.6 Å². The van der Waals surface area contributed by atoms with E-state index in [0.717, 1.165) is 33.3 Å². The van der Waals surface area contributed by atoms with Crippen molar-refractivity contribution in [2.45, 2.75) is 51.8 Å². The van der Waals surface area contributed by atoms with Gasteiger partial charge in [-0.1, -0.05) is 30.3 Å². The van der Waals surface area contributed by atoms with Gasteiger partial charge in [0.05, 0.1) is 24.2 Å². The number of nitrogens with one attached hydrogen (secondary N) is 2. The van der Waals surface area contributed by atoms with E-state index in [0.29, 0.717) is 55.2 Å². The Hall–Kier alpha value is -5.12. The summed E-state index contributed by atoms with van der Waals surface area (Å²) in [5.74, 6) is 1.01. The zero-order chi connectivity index (χ0) is 32.2. The highest BCUT2D eigenvalue weighted by molar-refractivity contribution is 6.06. The first kappa shape index (κ1) is 30.9. The van der Waals surface area contributed by atoms with Crippen LogP contribution in [0.25, 0.3) is 10.9 Å². The van der Waals surface area contributed by atoms with Gasteiger partial charge in [-0.2, -0.15) is 0 Å². The van der Waals surface area contributed by atoms with E-state index in [1.807, 2.05) is 74.5 Å². The summed E-state index contributed by atoms with van der Waals surface area (Å²) >= 11 is 0. The number of carbonyl (C=O) groups is 3. The highest BCUT2D eigenvalue weighted by Crippen LogP contribution is 2.29. The minimum atomic E-state index is -0.501. The molecule has 1 fully saturated rings. The number of pyridine rings is 1. The average Bonchev–Trinajstić information content (AvgIpc) is 3.05. The summed E-state index contributed by atoms with van der Waals surface area (Å²) in [4.78, 5) is 46.2. The second-order valence-corrected chi connectivity index (χ2v) is 11.9. The van der Waals surface area contributed by atoms with Crippen molar-refractivity contribution in [1.29, 1.82) is 0 Å². The van der Waals surface area contributed by atoms with Crippen LogP contribution in [0.2, 0.25) is 0 Å². The molecule has 10 heteroatoms. The molecule has 10 nitrogen and oxygen atoms in total. The predicted octanol–water partition coefficient (Wildman–Crippen LogP) is 4.28. The van der Waals surface area contributed by atoms with Gasteiger partial charge in [0, 0.05) is 43.6 Å². The molecule has 2 atom stereocenters. The zero-order valence-electron chi connectivity index (χ0n) is 26.3. The van der Waals surface area contributed by atoms with Gasteiger partial charge in [-0.3, -0.25) is 19.4 Å². The van der Waals surface area contributed by atoms with Crippen LogP contribution in [0.4, 0.5) is 0 Å². The average molecular weight is 623 g/mol. The molecule has 238 valence electrons. The van der Waals surface area contributed by atoms with Crippen molar-refractivity contribution in [3.8, 4) is 17.2 Å². The van der Waals surface area contributed by atoms with E-state index in [-0.39, 0.29) is 30.9 Å². The number of fused-ring (bicyclic) bond motifs is 1. The zero-order valence-corrected chi connectivity index (χ0v) is 26.3. The van der Waals surface area contributed by atoms with Crippen LogP contribution in [0, 0.1) is 13.8 Å². The number of carbonyl (C=O) groups excluding carboxylic acids is 3. The fourth-order valence-electron chi connectivity index (χ4n) is 6.00. The van der Waals surface area contributed by atoms with E-state index in [1.165, 1.54) is 7.11 Å². The van der Waals surface area contributed by atoms with Gasteiger partial charge in [0.1, 0.15) is 11.9 Å². The van der Waals surface area contributed by atoms with Gasteiger partial charge in [-0.25, -0.2) is 0 Å². The molecule has 5 aliphatic heterocycles. The Balaban J connectivity index is 1.26. The van der Waals surface area contributed by atoms with Crippen LogP contribution in [0.3, 0.4) is 0 Å². The summed E-state index contributed by atoms with van der Waals surface area (Å²) in [6.07, 6.45) is 0.969. The first-order chi connectivity index (χ1) is 22.2. The maximum absolute atomic E-state index is 14.0. The number of hydrogen-bond acceptors (Lipinski definition) is 7. The Labute approximate surface area is 268 Å². The largest absolute Gasteiger partial charge is 0.493 e. The summed E-state index contributed by atoms with van der Waals surface area (Å²) in [5, 5.41) is 6.84. The van der Waals surface area contributed by atoms with Crippen LogP contribution in [0.5, 0.6) is 17.2 Å². The third-order valence-electron chi connectivity index (χ3n) is 8.43. The minimum absolute atomic E-state index is 0.0557. The van der Waals surface area contributed by atoms with Gasteiger partial charge in [0.2, 0.25) is 5.91 Å². The van der Waals surface area contributed by atoms with Crippen molar-refractivity contribution in [3.05, 3.63) is 94.7 Å². The van der Waals surface area contributed by atoms with Crippen molar-refractivity contribution in [2.75, 3.05) is 26.8 Å². The number of amides is 3. The number of nitrogens with zero attached hydrogens (tertiary/aromatic N) is 2. The number of rotatable bonds is 2. The topological polar surface area (TPSA) is 119 Å². The summed E-state index contributed by atoms with van der Waals surface area (Å²) in [6, 6.07) is 20.2. The molecule has 9 rings (SSSR count). The van der Waals surface area contributed by atoms with Gasteiger partial charge in [0.15, 0.2) is 18.1 Å². The number of benzene rings is 3. The molecule has 0 saturated carbocycles. The molecule has 1 saturated heterocycles. The van der Waals surface area contributed by atoms with Gasteiger partial charge in [-0.05, 0) is 73.4 Å². The number of aromatic nitrogens is 1. The van der Waals surface area contributed by atoms with Crippen molar-refractivity contribution in [3.63, 3.8) is 0 Å². The number of piperidine rings is 1. The van der Waals surface area contributed by atoms with E-state index < -0.39 is 12.1 Å². The van der Waals surface area contributed by atoms with Gasteiger partial charge < -0.3 is 29.7 Å². The lowest BCUT2D eigenvalue weighted by molar-refractivity contribution is -0.125. The second-order valence-electron chi connectivity index (χ2n) is 11.9. The number of aryl methyl sites for hydroxylation is 3. The van der Waals surface area contributed by atoms with E-state index in [1.54, 1.807) is 11.0 Å². The highest BCUT2D eigenvalue weighted by atomic mass is 16.5. The predicted molar refractivity (Wildman–Crippen MR) is 173 cm³/mol. The van der Waals surface area contributed by atoms with Crippen molar-refractivity contribution < 1.29 is 28.6 Å². The molecule has 0 unspecified atom stereocenters. The Morgan fingerprint density at radius 2 is 1.76 bits per heavy atom. The monoisotopic (exact) mass is 622 g/mol. The number of hydrogen-bond donors (Lipinski definition) is 2. The van der Waals surface area contributed by atoms with E-state index >= 15 is 0 Å². The van der Waals surface area contributed by atoms with Gasteiger partial charge in [0.25, 0.3) is 11.8 Å². The molecule has 4 bridgehead atoms. The smallest absolute Gasteiger partial charge is 0.258 e. The van der Waals surface area contributed by atoms with Crippen LogP contribution < -0.4 is 24.8 Å². The molecule has 46 heavy (non-hydrogen) atoms. The SMILES string of the molecule is COc1cc2ccc1OCC(=O)N[C@@H]1CN(C(=O)c3cc(C)nc4cc(C)ccc34)CC[C@H]1Oc1ccc(cc1)CNC(=O)CC2. The Kier molecular flexibility index (Phi) is 9.05. The minimum Gasteiger partial charge on any atom is -0.493 e. The molecule has 3 aromatic carbocycles. The lowest BCUT2D eigenvalue weighted by Gasteiger charge is -2.39.